The molecule has 5 nitrogen and oxygen atoms in total. The van der Waals surface area contributed by atoms with Gasteiger partial charge in [0.2, 0.25) is 6.39 Å². The standard InChI is InChI=1S/C12H10Cl2N4O/c1-7(13)12-16-9-3-2-8(14)4-10(9)18(12)5-11-15-6-19-17-11/h2-4,6-7H,5H2,1H3. The zero-order valence-corrected chi connectivity index (χ0v) is 11.6. The molecule has 0 amide bonds. The van der Waals surface area contributed by atoms with Crippen LogP contribution in [0.3, 0.4) is 0 Å². The average molecular weight is 297 g/mol. The molecular formula is C12H10Cl2N4O. The summed E-state index contributed by atoms with van der Waals surface area (Å²) >= 11 is 12.2. The van der Waals surface area contributed by atoms with Crippen molar-refractivity contribution in [2.75, 3.05) is 0 Å². The van der Waals surface area contributed by atoms with Crippen LogP contribution in [0.4, 0.5) is 0 Å². The fourth-order valence-electron chi connectivity index (χ4n) is 1.99. The van der Waals surface area contributed by atoms with E-state index in [-0.39, 0.29) is 5.38 Å². The average Bonchev–Trinajstić information content (AvgIpc) is 2.98. The zero-order valence-electron chi connectivity index (χ0n) is 10.0. The summed E-state index contributed by atoms with van der Waals surface area (Å²) in [6.45, 7) is 2.32. The van der Waals surface area contributed by atoms with Crippen LogP contribution in [0, 0.1) is 0 Å². The number of rotatable bonds is 3. The number of benzene rings is 1. The molecule has 2 aromatic heterocycles. The topological polar surface area (TPSA) is 56.7 Å². The summed E-state index contributed by atoms with van der Waals surface area (Å²) < 4.78 is 6.69. The van der Waals surface area contributed by atoms with E-state index in [1.807, 2.05) is 23.6 Å². The highest BCUT2D eigenvalue weighted by Gasteiger charge is 2.16. The van der Waals surface area contributed by atoms with Crippen molar-refractivity contribution >= 4 is 34.2 Å². The number of fused-ring (bicyclic) bond motifs is 1. The van der Waals surface area contributed by atoms with E-state index >= 15 is 0 Å². The first-order chi connectivity index (χ1) is 9.15. The molecule has 0 saturated carbocycles. The fourth-order valence-corrected chi connectivity index (χ4v) is 2.32. The van der Waals surface area contributed by atoms with Crippen LogP contribution < -0.4 is 0 Å². The van der Waals surface area contributed by atoms with Crippen molar-refractivity contribution in [3.05, 3.63) is 41.3 Å². The summed E-state index contributed by atoms with van der Waals surface area (Å²) in [5, 5.41) is 4.23. The van der Waals surface area contributed by atoms with E-state index in [0.717, 1.165) is 16.9 Å². The van der Waals surface area contributed by atoms with Gasteiger partial charge >= 0.3 is 0 Å². The molecule has 0 saturated heterocycles. The summed E-state index contributed by atoms with van der Waals surface area (Å²) in [6.07, 6.45) is 1.30. The lowest BCUT2D eigenvalue weighted by Crippen LogP contribution is -2.07. The molecule has 7 heteroatoms. The van der Waals surface area contributed by atoms with E-state index in [1.54, 1.807) is 6.07 Å². The molecule has 0 fully saturated rings. The Labute approximate surface area is 119 Å². The molecule has 0 aliphatic carbocycles. The molecule has 0 bridgehead atoms. The Morgan fingerprint density at radius 1 is 1.42 bits per heavy atom. The van der Waals surface area contributed by atoms with E-state index in [1.165, 1.54) is 6.39 Å². The van der Waals surface area contributed by atoms with Crippen LogP contribution in [0.25, 0.3) is 11.0 Å². The Morgan fingerprint density at radius 3 is 2.95 bits per heavy atom. The Balaban J connectivity index is 2.18. The molecule has 0 aliphatic heterocycles. The second-order valence-corrected chi connectivity index (χ2v) is 5.24. The first-order valence-electron chi connectivity index (χ1n) is 5.70. The molecule has 0 N–H and O–H groups in total. The van der Waals surface area contributed by atoms with Crippen molar-refractivity contribution in [2.24, 2.45) is 0 Å². The molecular weight excluding hydrogens is 287 g/mol. The molecule has 1 aromatic carbocycles. The molecule has 1 unspecified atom stereocenters. The molecule has 3 aromatic rings. The van der Waals surface area contributed by atoms with E-state index < -0.39 is 0 Å². The second kappa shape index (κ2) is 4.83. The van der Waals surface area contributed by atoms with E-state index in [0.29, 0.717) is 17.4 Å². The van der Waals surface area contributed by atoms with Gasteiger partial charge in [0.1, 0.15) is 5.82 Å². The summed E-state index contributed by atoms with van der Waals surface area (Å²) in [4.78, 5) is 8.54. The third-order valence-electron chi connectivity index (χ3n) is 2.80. The van der Waals surface area contributed by atoms with Gasteiger partial charge in [0.05, 0.1) is 23.0 Å². The molecule has 3 rings (SSSR count). The van der Waals surface area contributed by atoms with E-state index in [2.05, 4.69) is 15.1 Å². The number of aromatic nitrogens is 4. The fraction of sp³-hybridized carbons (Fsp3) is 0.250. The second-order valence-electron chi connectivity index (χ2n) is 4.15. The molecule has 2 heterocycles. The van der Waals surface area contributed by atoms with Gasteiger partial charge in [-0.2, -0.15) is 4.98 Å². The summed E-state index contributed by atoms with van der Waals surface area (Å²) in [5.74, 6) is 1.32. The summed E-state index contributed by atoms with van der Waals surface area (Å²) in [6, 6.07) is 5.53. The van der Waals surface area contributed by atoms with Crippen molar-refractivity contribution in [3.8, 4) is 0 Å². The van der Waals surface area contributed by atoms with E-state index in [4.69, 9.17) is 27.7 Å². The largest absolute Gasteiger partial charge is 0.343 e. The van der Waals surface area contributed by atoms with Gasteiger partial charge in [-0.05, 0) is 25.1 Å². The van der Waals surface area contributed by atoms with Gasteiger partial charge in [-0.15, -0.1) is 11.6 Å². The Morgan fingerprint density at radius 2 is 2.26 bits per heavy atom. The molecule has 0 aliphatic rings. The lowest BCUT2D eigenvalue weighted by molar-refractivity contribution is 0.408. The maximum absolute atomic E-state index is 6.18. The van der Waals surface area contributed by atoms with Crippen LogP contribution in [0.1, 0.15) is 23.9 Å². The predicted octanol–water partition coefficient (Wildman–Crippen LogP) is 3.42. The number of imidazole rings is 1. The highest BCUT2D eigenvalue weighted by atomic mass is 35.5. The predicted molar refractivity (Wildman–Crippen MR) is 72.4 cm³/mol. The molecule has 19 heavy (non-hydrogen) atoms. The highest BCUT2D eigenvalue weighted by molar-refractivity contribution is 6.31. The van der Waals surface area contributed by atoms with Gasteiger partial charge in [0.15, 0.2) is 5.82 Å². The van der Waals surface area contributed by atoms with Crippen LogP contribution in [0.15, 0.2) is 29.1 Å². The minimum Gasteiger partial charge on any atom is -0.343 e. The Bertz CT molecular complexity index is 706. The van der Waals surface area contributed by atoms with Crippen molar-refractivity contribution < 1.29 is 4.52 Å². The quantitative estimate of drug-likeness (QED) is 0.695. The first kappa shape index (κ1) is 12.4. The van der Waals surface area contributed by atoms with Gasteiger partial charge in [-0.3, -0.25) is 0 Å². The third-order valence-corrected chi connectivity index (χ3v) is 3.23. The van der Waals surface area contributed by atoms with Crippen molar-refractivity contribution in [2.45, 2.75) is 18.8 Å². The SMILES string of the molecule is CC(Cl)c1nc2ccc(Cl)cc2n1Cc1ncon1. The minimum atomic E-state index is -0.224. The Kier molecular flexibility index (Phi) is 3.16. The number of hydrogen-bond acceptors (Lipinski definition) is 4. The van der Waals surface area contributed by atoms with Gasteiger partial charge in [-0.25, -0.2) is 4.98 Å². The zero-order chi connectivity index (χ0) is 13.4. The monoisotopic (exact) mass is 296 g/mol. The van der Waals surface area contributed by atoms with Crippen LogP contribution >= 0.6 is 23.2 Å². The Hall–Kier alpha value is -1.59. The molecule has 98 valence electrons. The van der Waals surface area contributed by atoms with Crippen LogP contribution in [0.2, 0.25) is 5.02 Å². The van der Waals surface area contributed by atoms with E-state index in [9.17, 15) is 0 Å². The molecule has 0 radical (unpaired) electrons. The number of alkyl halides is 1. The van der Waals surface area contributed by atoms with Crippen molar-refractivity contribution in [1.82, 2.24) is 19.7 Å². The lowest BCUT2D eigenvalue weighted by Gasteiger charge is -2.07. The van der Waals surface area contributed by atoms with Gasteiger partial charge in [-0.1, -0.05) is 16.8 Å². The molecule has 0 spiro atoms. The lowest BCUT2D eigenvalue weighted by atomic mass is 10.3. The van der Waals surface area contributed by atoms with Gasteiger partial charge in [0.25, 0.3) is 0 Å². The number of halogens is 2. The van der Waals surface area contributed by atoms with Gasteiger partial charge in [0, 0.05) is 5.02 Å². The maximum atomic E-state index is 6.18. The van der Waals surface area contributed by atoms with Crippen molar-refractivity contribution in [1.29, 1.82) is 0 Å². The smallest absolute Gasteiger partial charge is 0.213 e. The number of hydrogen-bond donors (Lipinski definition) is 0. The number of nitrogens with zero attached hydrogens (tertiary/aromatic N) is 4. The normalized spacial score (nSPS) is 13.0. The minimum absolute atomic E-state index is 0.224. The van der Waals surface area contributed by atoms with Gasteiger partial charge < -0.3 is 9.09 Å². The van der Waals surface area contributed by atoms with Crippen molar-refractivity contribution in [3.63, 3.8) is 0 Å². The van der Waals surface area contributed by atoms with Crippen LogP contribution in [0.5, 0.6) is 0 Å². The summed E-state index contributed by atoms with van der Waals surface area (Å²) in [5.41, 5.74) is 1.75. The highest BCUT2D eigenvalue weighted by Crippen LogP contribution is 2.27. The third kappa shape index (κ3) is 2.31. The van der Waals surface area contributed by atoms with Crippen LogP contribution in [-0.2, 0) is 6.54 Å². The first-order valence-corrected chi connectivity index (χ1v) is 6.51. The molecule has 1 atom stereocenters. The maximum Gasteiger partial charge on any atom is 0.213 e. The van der Waals surface area contributed by atoms with Crippen LogP contribution in [-0.4, -0.2) is 19.7 Å². The summed E-state index contributed by atoms with van der Waals surface area (Å²) in [7, 11) is 0.